The topological polar surface area (TPSA) is 48.1 Å². The lowest BCUT2D eigenvalue weighted by Crippen LogP contribution is -2.44. The van der Waals surface area contributed by atoms with Gasteiger partial charge in [0.2, 0.25) is 0 Å². The smallest absolute Gasteiger partial charge is 0.166 e. The minimum absolute atomic E-state index is 0.586. The molecule has 0 unspecified atom stereocenters. The molecule has 4 saturated carbocycles. The van der Waals surface area contributed by atoms with E-state index in [1.54, 1.807) is 0 Å². The van der Waals surface area contributed by atoms with Crippen LogP contribution < -0.4 is 21.3 Å². The molecule has 4 nitrogen and oxygen atoms in total. The Bertz CT molecular complexity index is 736. The Kier molecular flexibility index (Phi) is 6.15. The van der Waals surface area contributed by atoms with Gasteiger partial charge in [0.15, 0.2) is 10.2 Å². The monoisotopic (exact) mass is 442 g/mol. The molecule has 4 N–H and O–H groups in total. The van der Waals surface area contributed by atoms with Crippen molar-refractivity contribution in [3.63, 3.8) is 0 Å². The minimum Gasteiger partial charge on any atom is -0.360 e. The van der Waals surface area contributed by atoms with Crippen LogP contribution in [0.1, 0.15) is 62.5 Å². The summed E-state index contributed by atoms with van der Waals surface area (Å²) in [5, 5.41) is 15.5. The van der Waals surface area contributed by atoms with Gasteiger partial charge in [0.05, 0.1) is 0 Å². The molecule has 0 radical (unpaired) electrons. The van der Waals surface area contributed by atoms with E-state index in [-0.39, 0.29) is 0 Å². The first-order valence-corrected chi connectivity index (χ1v) is 12.6. The van der Waals surface area contributed by atoms with Crippen molar-refractivity contribution in [1.29, 1.82) is 0 Å². The molecule has 0 saturated heterocycles. The maximum atomic E-state index is 5.55. The summed E-state index contributed by atoms with van der Waals surface area (Å²) >= 11 is 11.1. The number of fused-ring (bicyclic) bond motifs is 4. The van der Waals surface area contributed by atoms with Gasteiger partial charge in [-0.05, 0) is 97.8 Å². The van der Waals surface area contributed by atoms with Crippen molar-refractivity contribution in [2.45, 2.75) is 76.5 Å². The van der Waals surface area contributed by atoms with Crippen molar-refractivity contribution >= 4 is 34.7 Å². The first-order chi connectivity index (χ1) is 14.6. The van der Waals surface area contributed by atoms with Gasteiger partial charge < -0.3 is 21.3 Å². The van der Waals surface area contributed by atoms with Crippen LogP contribution in [0.3, 0.4) is 0 Å². The van der Waals surface area contributed by atoms with E-state index in [2.05, 4.69) is 45.5 Å². The van der Waals surface area contributed by atoms with Crippen molar-refractivity contribution in [3.05, 3.63) is 35.4 Å². The minimum atomic E-state index is 0.586. The molecule has 6 heteroatoms. The number of nitrogens with one attached hydrogen (secondary N) is 4. The summed E-state index contributed by atoms with van der Waals surface area (Å²) in [5.41, 5.74) is 2.50. The first kappa shape index (κ1) is 20.5. The Morgan fingerprint density at radius 2 is 1.23 bits per heavy atom. The molecule has 30 heavy (non-hydrogen) atoms. The fourth-order valence-corrected chi connectivity index (χ4v) is 6.94. The largest absolute Gasteiger partial charge is 0.360 e. The van der Waals surface area contributed by atoms with E-state index in [0.717, 1.165) is 47.0 Å². The lowest BCUT2D eigenvalue weighted by atomic mass is 9.95. The van der Waals surface area contributed by atoms with Gasteiger partial charge in [-0.2, -0.15) is 0 Å². The third-order valence-corrected chi connectivity index (χ3v) is 8.53. The van der Waals surface area contributed by atoms with Crippen LogP contribution in [0.4, 0.5) is 0 Å². The third kappa shape index (κ3) is 4.75. The predicted octanol–water partition coefficient (Wildman–Crippen LogP) is 3.99. The van der Waals surface area contributed by atoms with Gasteiger partial charge in [0.25, 0.3) is 0 Å². The van der Waals surface area contributed by atoms with Crippen molar-refractivity contribution in [1.82, 2.24) is 21.3 Å². The van der Waals surface area contributed by atoms with Crippen LogP contribution in [0.15, 0.2) is 24.3 Å². The molecule has 6 atom stereocenters. The van der Waals surface area contributed by atoms with Crippen LogP contribution in [-0.2, 0) is 13.1 Å². The first-order valence-electron chi connectivity index (χ1n) is 11.8. The Hall–Kier alpha value is -1.40. The maximum absolute atomic E-state index is 5.55. The molecule has 4 fully saturated rings. The molecule has 0 amide bonds. The summed E-state index contributed by atoms with van der Waals surface area (Å²) in [7, 11) is 0. The van der Waals surface area contributed by atoms with Gasteiger partial charge in [0, 0.05) is 25.2 Å². The van der Waals surface area contributed by atoms with Gasteiger partial charge >= 0.3 is 0 Å². The van der Waals surface area contributed by atoms with E-state index in [9.17, 15) is 0 Å². The Morgan fingerprint density at radius 3 is 1.63 bits per heavy atom. The summed E-state index contributed by atoms with van der Waals surface area (Å²) in [5.74, 6) is 3.54. The molecular formula is C24H34N4S2. The Balaban J connectivity index is 1.04. The van der Waals surface area contributed by atoms with Crippen molar-refractivity contribution in [2.24, 2.45) is 23.7 Å². The van der Waals surface area contributed by atoms with Crippen LogP contribution in [0.2, 0.25) is 0 Å². The molecule has 162 valence electrons. The quantitative estimate of drug-likeness (QED) is 0.500. The van der Waals surface area contributed by atoms with Crippen LogP contribution in [0, 0.1) is 23.7 Å². The molecule has 0 heterocycles. The summed E-state index contributed by atoms with van der Waals surface area (Å²) in [4.78, 5) is 0. The van der Waals surface area contributed by atoms with Crippen LogP contribution in [-0.4, -0.2) is 22.3 Å². The highest BCUT2D eigenvalue weighted by molar-refractivity contribution is 7.80. The summed E-state index contributed by atoms with van der Waals surface area (Å²) in [6, 6.07) is 9.84. The van der Waals surface area contributed by atoms with Crippen LogP contribution >= 0.6 is 24.4 Å². The van der Waals surface area contributed by atoms with E-state index in [1.807, 2.05) is 0 Å². The van der Waals surface area contributed by atoms with Gasteiger partial charge in [-0.25, -0.2) is 0 Å². The second-order valence-corrected chi connectivity index (χ2v) is 10.9. The second-order valence-electron chi connectivity index (χ2n) is 10.0. The molecular weight excluding hydrogens is 408 g/mol. The van der Waals surface area contributed by atoms with E-state index in [0.29, 0.717) is 12.1 Å². The summed E-state index contributed by atoms with van der Waals surface area (Å²) in [6.07, 6.45) is 11.0. The Labute approximate surface area is 191 Å². The molecule has 0 aromatic heterocycles. The standard InChI is InChI=1S/C24H34N4S2/c29-23(27-21-11-15-4-6-19(21)9-15)25-13-17-2-1-3-18(8-17)14-26-24(30)28-22-12-16-5-7-20(22)10-16/h1-3,8,15-16,19-22H,4-7,9-14H2,(H2,25,27,29)(H2,26,28,30)/t15-,16-,19-,20-,21-,22+/m0/s1. The van der Waals surface area contributed by atoms with Gasteiger partial charge in [-0.3, -0.25) is 0 Å². The molecule has 0 spiro atoms. The lowest BCUT2D eigenvalue weighted by Gasteiger charge is -2.25. The third-order valence-electron chi connectivity index (χ3n) is 8.01. The zero-order valence-electron chi connectivity index (χ0n) is 17.7. The molecule has 4 aliphatic rings. The van der Waals surface area contributed by atoms with E-state index in [4.69, 9.17) is 24.4 Å². The molecule has 4 aliphatic carbocycles. The van der Waals surface area contributed by atoms with E-state index >= 15 is 0 Å². The highest BCUT2D eigenvalue weighted by atomic mass is 32.1. The second kappa shape index (κ2) is 8.99. The fourth-order valence-electron chi connectivity index (χ4n) is 6.50. The molecule has 4 bridgehead atoms. The zero-order valence-corrected chi connectivity index (χ0v) is 19.3. The SMILES string of the molecule is S=C(NCc1cccc(CNC(=S)N[C@@H]2C[C@H]3CC[C@H]2C3)c1)N[C@H]1C[C@H]2CC[C@H]1C2. The van der Waals surface area contributed by atoms with Crippen molar-refractivity contribution < 1.29 is 0 Å². The molecule has 1 aromatic rings. The van der Waals surface area contributed by atoms with Crippen LogP contribution in [0.25, 0.3) is 0 Å². The molecule has 5 rings (SSSR count). The fraction of sp³-hybridized carbons (Fsp3) is 0.667. The number of benzene rings is 1. The normalized spacial score (nSPS) is 33.5. The van der Waals surface area contributed by atoms with Crippen LogP contribution in [0.5, 0.6) is 0 Å². The predicted molar refractivity (Wildman–Crippen MR) is 130 cm³/mol. The van der Waals surface area contributed by atoms with Gasteiger partial charge in [-0.1, -0.05) is 37.1 Å². The van der Waals surface area contributed by atoms with E-state index in [1.165, 1.54) is 62.5 Å². The number of rotatable bonds is 6. The average Bonchev–Trinajstić information content (AvgIpc) is 3.53. The molecule has 1 aromatic carbocycles. The highest BCUT2D eigenvalue weighted by Crippen LogP contribution is 2.45. The number of hydrogen-bond donors (Lipinski definition) is 4. The number of thiocarbonyl (C=S) groups is 2. The maximum Gasteiger partial charge on any atom is 0.166 e. The van der Waals surface area contributed by atoms with Gasteiger partial charge in [-0.15, -0.1) is 0 Å². The number of hydrogen-bond acceptors (Lipinski definition) is 2. The summed E-state index contributed by atoms with van der Waals surface area (Å²) in [6.45, 7) is 1.52. The molecule has 0 aliphatic heterocycles. The van der Waals surface area contributed by atoms with Gasteiger partial charge in [0.1, 0.15) is 0 Å². The van der Waals surface area contributed by atoms with E-state index < -0.39 is 0 Å². The highest BCUT2D eigenvalue weighted by Gasteiger charge is 2.40. The Morgan fingerprint density at radius 1 is 0.733 bits per heavy atom. The summed E-state index contributed by atoms with van der Waals surface area (Å²) < 4.78 is 0. The zero-order chi connectivity index (χ0) is 20.5. The van der Waals surface area contributed by atoms with Crippen molar-refractivity contribution in [3.8, 4) is 0 Å². The van der Waals surface area contributed by atoms with Crippen molar-refractivity contribution in [2.75, 3.05) is 0 Å². The lowest BCUT2D eigenvalue weighted by molar-refractivity contribution is 0.389. The average molecular weight is 443 g/mol.